The molecule has 4 aromatic rings. The number of rotatable bonds is 4. The molecule has 0 saturated carbocycles. The summed E-state index contributed by atoms with van der Waals surface area (Å²) in [6.45, 7) is 2.42. The third kappa shape index (κ3) is 3.75. The van der Waals surface area contributed by atoms with Crippen LogP contribution in [0.5, 0.6) is 0 Å². The van der Waals surface area contributed by atoms with Gasteiger partial charge in [-0.05, 0) is 18.6 Å². The lowest BCUT2D eigenvalue weighted by molar-refractivity contribution is -0.140. The lowest BCUT2D eigenvalue weighted by Gasteiger charge is -2.04. The van der Waals surface area contributed by atoms with Crippen LogP contribution in [0, 0.1) is 6.92 Å². The molecule has 0 spiro atoms. The first-order chi connectivity index (χ1) is 13.7. The summed E-state index contributed by atoms with van der Waals surface area (Å²) in [5, 5.41) is 10.5. The molecule has 1 amide bonds. The Labute approximate surface area is 167 Å². The van der Waals surface area contributed by atoms with Crippen LogP contribution >= 0.6 is 11.3 Å². The number of halogens is 3. The average Bonchev–Trinajstić information content (AvgIpc) is 3.31. The summed E-state index contributed by atoms with van der Waals surface area (Å²) in [6.07, 6.45) is -4.58. The van der Waals surface area contributed by atoms with Crippen molar-refractivity contribution in [2.24, 2.45) is 7.05 Å². The van der Waals surface area contributed by atoms with Crippen molar-refractivity contribution in [2.45, 2.75) is 19.6 Å². The number of benzene rings is 1. The van der Waals surface area contributed by atoms with Gasteiger partial charge in [0, 0.05) is 24.2 Å². The number of amides is 1. The first kappa shape index (κ1) is 19.2. The second kappa shape index (κ2) is 7.03. The largest absolute Gasteiger partial charge is 0.435 e. The van der Waals surface area contributed by atoms with Crippen molar-refractivity contribution < 1.29 is 18.0 Å². The number of hydrogen-bond acceptors (Lipinski definition) is 4. The summed E-state index contributed by atoms with van der Waals surface area (Å²) < 4.78 is 42.3. The van der Waals surface area contributed by atoms with Crippen LogP contribution < -0.4 is 5.32 Å². The molecule has 0 atom stereocenters. The molecule has 29 heavy (non-hydrogen) atoms. The number of carbonyl (C=O) groups is 1. The van der Waals surface area contributed by atoms with E-state index in [0.717, 1.165) is 27.3 Å². The van der Waals surface area contributed by atoms with E-state index in [4.69, 9.17) is 0 Å². The number of carbonyl (C=O) groups excluding carboxylic acids is 1. The van der Waals surface area contributed by atoms with Crippen molar-refractivity contribution in [3.8, 4) is 0 Å². The van der Waals surface area contributed by atoms with E-state index in [9.17, 15) is 18.0 Å². The van der Waals surface area contributed by atoms with Crippen LogP contribution in [0.4, 0.5) is 19.0 Å². The fraction of sp³-hybridized carbons (Fsp3) is 0.211. The number of alkyl halides is 3. The van der Waals surface area contributed by atoms with E-state index in [1.54, 1.807) is 10.7 Å². The topological polar surface area (TPSA) is 64.7 Å². The molecule has 0 unspecified atom stereocenters. The van der Waals surface area contributed by atoms with Gasteiger partial charge in [0.05, 0.1) is 11.4 Å². The third-order valence-corrected chi connectivity index (χ3v) is 5.60. The van der Waals surface area contributed by atoms with Gasteiger partial charge in [-0.1, -0.05) is 30.3 Å². The van der Waals surface area contributed by atoms with E-state index in [1.165, 1.54) is 13.1 Å². The quantitative estimate of drug-likeness (QED) is 0.531. The van der Waals surface area contributed by atoms with Crippen molar-refractivity contribution in [1.82, 2.24) is 19.6 Å². The number of nitrogens with one attached hydrogen (secondary N) is 1. The van der Waals surface area contributed by atoms with Gasteiger partial charge in [-0.2, -0.15) is 23.4 Å². The Morgan fingerprint density at radius 3 is 2.59 bits per heavy atom. The maximum absolute atomic E-state index is 13.1. The Hall–Kier alpha value is -3.14. The lowest BCUT2D eigenvalue weighted by atomic mass is 10.2. The monoisotopic (exact) mass is 419 g/mol. The van der Waals surface area contributed by atoms with Gasteiger partial charge >= 0.3 is 6.18 Å². The Balaban J connectivity index is 1.56. The molecule has 10 heteroatoms. The van der Waals surface area contributed by atoms with E-state index in [-0.39, 0.29) is 15.1 Å². The molecular weight excluding hydrogens is 403 g/mol. The molecule has 3 aromatic heterocycles. The highest BCUT2D eigenvalue weighted by molar-refractivity contribution is 7.20. The van der Waals surface area contributed by atoms with Gasteiger partial charge in [-0.3, -0.25) is 14.2 Å². The predicted octanol–water partition coefficient (Wildman–Crippen LogP) is 4.46. The normalized spacial score (nSPS) is 11.9. The summed E-state index contributed by atoms with van der Waals surface area (Å²) in [5.74, 6) is -0.168. The van der Waals surface area contributed by atoms with Gasteiger partial charge in [0.2, 0.25) is 0 Å². The maximum Gasteiger partial charge on any atom is 0.435 e. The zero-order chi connectivity index (χ0) is 20.8. The standard InChI is InChI=1S/C19H16F3N5OS/c1-11-8-15(24-27(11)10-12-6-4-3-5-7-12)23-17(28)14-9-13-16(19(20,21)22)25-26(2)18(13)29-14/h3-9H,10H2,1-2H3,(H,23,24,28). The molecule has 1 N–H and O–H groups in total. The summed E-state index contributed by atoms with van der Waals surface area (Å²) >= 11 is 0.956. The number of nitrogens with zero attached hydrogens (tertiary/aromatic N) is 4. The van der Waals surface area contributed by atoms with Gasteiger partial charge in [0.1, 0.15) is 4.83 Å². The summed E-state index contributed by atoms with van der Waals surface area (Å²) in [4.78, 5) is 13.0. The molecule has 0 aliphatic heterocycles. The minimum Gasteiger partial charge on any atom is -0.304 e. The van der Waals surface area contributed by atoms with Crippen LogP contribution in [0.15, 0.2) is 42.5 Å². The van der Waals surface area contributed by atoms with Gasteiger partial charge < -0.3 is 5.32 Å². The van der Waals surface area contributed by atoms with Gasteiger partial charge in [0.15, 0.2) is 11.5 Å². The second-order valence-electron chi connectivity index (χ2n) is 6.57. The van der Waals surface area contributed by atoms with Crippen molar-refractivity contribution in [3.63, 3.8) is 0 Å². The highest BCUT2D eigenvalue weighted by atomic mass is 32.1. The molecule has 0 radical (unpaired) electrons. The molecule has 0 aliphatic rings. The number of hydrogen-bond donors (Lipinski definition) is 1. The van der Waals surface area contributed by atoms with Gasteiger partial charge in [0.25, 0.3) is 5.91 Å². The first-order valence-electron chi connectivity index (χ1n) is 8.66. The van der Waals surface area contributed by atoms with E-state index in [2.05, 4.69) is 15.5 Å². The zero-order valence-electron chi connectivity index (χ0n) is 15.5. The Morgan fingerprint density at radius 1 is 1.17 bits per heavy atom. The minimum absolute atomic E-state index is 0.0825. The fourth-order valence-electron chi connectivity index (χ4n) is 3.03. The fourth-order valence-corrected chi connectivity index (χ4v) is 3.99. The zero-order valence-corrected chi connectivity index (χ0v) is 16.3. The molecule has 6 nitrogen and oxygen atoms in total. The first-order valence-corrected chi connectivity index (χ1v) is 9.47. The van der Waals surface area contributed by atoms with Crippen molar-refractivity contribution in [2.75, 3.05) is 5.32 Å². The highest BCUT2D eigenvalue weighted by Gasteiger charge is 2.37. The Kier molecular flexibility index (Phi) is 4.65. The van der Waals surface area contributed by atoms with Crippen LogP contribution in [0.2, 0.25) is 0 Å². The number of aromatic nitrogens is 4. The number of aryl methyl sites for hydroxylation is 2. The third-order valence-electron chi connectivity index (χ3n) is 4.40. The van der Waals surface area contributed by atoms with Crippen molar-refractivity contribution >= 4 is 33.3 Å². The maximum atomic E-state index is 13.1. The molecule has 0 aliphatic carbocycles. The summed E-state index contributed by atoms with van der Waals surface area (Å²) in [5.41, 5.74) is 0.922. The second-order valence-corrected chi connectivity index (χ2v) is 7.60. The average molecular weight is 419 g/mol. The lowest BCUT2D eigenvalue weighted by Crippen LogP contribution is -2.12. The van der Waals surface area contributed by atoms with E-state index in [0.29, 0.717) is 12.4 Å². The van der Waals surface area contributed by atoms with E-state index < -0.39 is 17.8 Å². The van der Waals surface area contributed by atoms with Crippen molar-refractivity contribution in [3.05, 3.63) is 64.3 Å². The summed E-state index contributed by atoms with van der Waals surface area (Å²) in [6, 6.07) is 12.7. The molecule has 4 rings (SSSR count). The molecule has 0 fully saturated rings. The highest BCUT2D eigenvalue weighted by Crippen LogP contribution is 2.37. The van der Waals surface area contributed by atoms with Crippen LogP contribution in [-0.2, 0) is 19.8 Å². The van der Waals surface area contributed by atoms with Crippen molar-refractivity contribution in [1.29, 1.82) is 0 Å². The van der Waals surface area contributed by atoms with E-state index >= 15 is 0 Å². The molecule has 1 aromatic carbocycles. The molecule has 3 heterocycles. The number of fused-ring (bicyclic) bond motifs is 1. The summed E-state index contributed by atoms with van der Waals surface area (Å²) in [7, 11) is 1.42. The Morgan fingerprint density at radius 2 is 1.90 bits per heavy atom. The SMILES string of the molecule is Cc1cc(NC(=O)c2cc3c(C(F)(F)F)nn(C)c3s2)nn1Cc1ccccc1. The van der Waals surface area contributed by atoms with Crippen LogP contribution in [0.25, 0.3) is 10.2 Å². The van der Waals surface area contributed by atoms with Crippen LogP contribution in [0.1, 0.15) is 26.6 Å². The number of thiophene rings is 1. The predicted molar refractivity (Wildman–Crippen MR) is 104 cm³/mol. The van der Waals surface area contributed by atoms with Crippen LogP contribution in [0.3, 0.4) is 0 Å². The Bertz CT molecular complexity index is 1190. The van der Waals surface area contributed by atoms with Gasteiger partial charge in [-0.25, -0.2) is 0 Å². The molecule has 150 valence electrons. The minimum atomic E-state index is -4.58. The molecular formula is C19H16F3N5OS. The van der Waals surface area contributed by atoms with Crippen LogP contribution in [-0.4, -0.2) is 25.5 Å². The van der Waals surface area contributed by atoms with Gasteiger partial charge in [-0.15, -0.1) is 11.3 Å². The van der Waals surface area contributed by atoms with E-state index in [1.807, 2.05) is 37.3 Å². The smallest absolute Gasteiger partial charge is 0.304 e. The molecule has 0 bridgehead atoms. The number of anilines is 1. The molecule has 0 saturated heterocycles.